The molecule has 1 N–H and O–H groups in total. The number of nitrogens with zero attached hydrogens (tertiary/aromatic N) is 2. The largest absolute Gasteiger partial charge is 0.388 e. The van der Waals surface area contributed by atoms with Gasteiger partial charge in [0.15, 0.2) is 0 Å². The Morgan fingerprint density at radius 3 is 2.71 bits per heavy atom. The van der Waals surface area contributed by atoms with Crippen molar-refractivity contribution in [2.75, 3.05) is 12.4 Å². The Labute approximate surface area is 129 Å². The molecule has 2 rings (SSSR count). The minimum Gasteiger partial charge on any atom is -0.388 e. The summed E-state index contributed by atoms with van der Waals surface area (Å²) in [6.45, 7) is 1.99. The number of anilines is 1. The third-order valence-corrected chi connectivity index (χ3v) is 3.58. The number of nitro benzene ring substituents is 1. The Morgan fingerprint density at radius 1 is 1.38 bits per heavy atom. The average Bonchev–Trinajstić information content (AvgIpc) is 2.44. The van der Waals surface area contributed by atoms with Gasteiger partial charge in [0.2, 0.25) is 0 Å². The maximum Gasteiger partial charge on any atom is 0.269 e. The van der Waals surface area contributed by atoms with E-state index in [-0.39, 0.29) is 17.8 Å². The monoisotopic (exact) mass is 351 g/mol. The number of nitrogens with one attached hydrogen (secondary N) is 1. The summed E-state index contributed by atoms with van der Waals surface area (Å²) >= 11 is 3.35. The molecule has 110 valence electrons. The normalized spacial score (nSPS) is 10.4. The summed E-state index contributed by atoms with van der Waals surface area (Å²) in [5.41, 5.74) is 1.94. The molecule has 21 heavy (non-hydrogen) atoms. The fourth-order valence-electron chi connectivity index (χ4n) is 2.11. The molecule has 0 aliphatic rings. The second-order valence-corrected chi connectivity index (χ2v) is 5.54. The summed E-state index contributed by atoms with van der Waals surface area (Å²) in [4.78, 5) is 22.6. The van der Waals surface area contributed by atoms with Crippen LogP contribution in [0.3, 0.4) is 0 Å². The van der Waals surface area contributed by atoms with E-state index in [1.807, 2.05) is 0 Å². The van der Waals surface area contributed by atoms with Gasteiger partial charge in [-0.2, -0.15) is 0 Å². The first-order chi connectivity index (χ1) is 9.92. The van der Waals surface area contributed by atoms with Crippen molar-refractivity contribution in [3.63, 3.8) is 0 Å². The molecule has 0 spiro atoms. The molecule has 0 atom stereocenters. The van der Waals surface area contributed by atoms with Crippen LogP contribution in [0.15, 0.2) is 39.7 Å². The third-order valence-electron chi connectivity index (χ3n) is 3.14. The summed E-state index contributed by atoms with van der Waals surface area (Å²) in [5, 5.41) is 13.9. The highest BCUT2D eigenvalue weighted by atomic mass is 79.9. The molecule has 0 bridgehead atoms. The fourth-order valence-corrected chi connectivity index (χ4v) is 2.70. The molecule has 0 aliphatic carbocycles. The van der Waals surface area contributed by atoms with Crippen molar-refractivity contribution in [2.24, 2.45) is 0 Å². The lowest BCUT2D eigenvalue weighted by Gasteiger charge is -2.12. The quantitative estimate of drug-likeness (QED) is 0.678. The van der Waals surface area contributed by atoms with E-state index in [1.54, 1.807) is 32.3 Å². The van der Waals surface area contributed by atoms with Gasteiger partial charge in [-0.15, -0.1) is 0 Å². The lowest BCUT2D eigenvalue weighted by Crippen LogP contribution is -2.22. The molecule has 1 aromatic heterocycles. The molecule has 0 saturated carbocycles. The highest BCUT2D eigenvalue weighted by Gasteiger charge is 2.12. The van der Waals surface area contributed by atoms with Gasteiger partial charge < -0.3 is 9.88 Å². The van der Waals surface area contributed by atoms with Crippen LogP contribution >= 0.6 is 15.9 Å². The molecule has 0 fully saturated rings. The number of aryl methyl sites for hydroxylation is 1. The van der Waals surface area contributed by atoms with E-state index in [1.165, 1.54) is 16.7 Å². The number of nitro groups is 1. The number of hydrogen-bond donors (Lipinski definition) is 1. The minimum atomic E-state index is -0.447. The molecule has 0 aliphatic heterocycles. The van der Waals surface area contributed by atoms with Crippen LogP contribution in [0.25, 0.3) is 0 Å². The third kappa shape index (κ3) is 3.30. The molecule has 7 heteroatoms. The van der Waals surface area contributed by atoms with E-state index in [0.717, 1.165) is 10.2 Å². The highest BCUT2D eigenvalue weighted by molar-refractivity contribution is 9.10. The van der Waals surface area contributed by atoms with Gasteiger partial charge in [0.05, 0.1) is 11.5 Å². The van der Waals surface area contributed by atoms with Crippen LogP contribution in [-0.2, 0) is 6.54 Å². The average molecular weight is 352 g/mol. The van der Waals surface area contributed by atoms with E-state index in [9.17, 15) is 14.9 Å². The standard InChI is InChI=1S/C14H14BrN3O3/c1-9-5-11(15)8-17(14(9)19)7-10-6-12(18(20)21)3-4-13(10)16-2/h3-6,8,16H,7H2,1-2H3. The van der Waals surface area contributed by atoms with Crippen molar-refractivity contribution in [3.8, 4) is 0 Å². The Morgan fingerprint density at radius 2 is 2.10 bits per heavy atom. The summed E-state index contributed by atoms with van der Waals surface area (Å²) in [7, 11) is 1.74. The van der Waals surface area contributed by atoms with Crippen LogP contribution in [0.2, 0.25) is 0 Å². The number of benzene rings is 1. The van der Waals surface area contributed by atoms with Crippen LogP contribution in [0.4, 0.5) is 11.4 Å². The Hall–Kier alpha value is -2.15. The van der Waals surface area contributed by atoms with E-state index < -0.39 is 4.92 Å². The first kappa shape index (κ1) is 15.2. The predicted molar refractivity (Wildman–Crippen MR) is 84.9 cm³/mol. The minimum absolute atomic E-state index is 0.00349. The first-order valence-electron chi connectivity index (χ1n) is 6.24. The topological polar surface area (TPSA) is 77.2 Å². The Kier molecular flexibility index (Phi) is 4.42. The van der Waals surface area contributed by atoms with Gasteiger partial charge in [0, 0.05) is 46.7 Å². The van der Waals surface area contributed by atoms with Gasteiger partial charge in [-0.25, -0.2) is 0 Å². The molecule has 6 nitrogen and oxygen atoms in total. The second kappa shape index (κ2) is 6.09. The van der Waals surface area contributed by atoms with E-state index in [0.29, 0.717) is 11.1 Å². The fraction of sp³-hybridized carbons (Fsp3) is 0.214. The summed E-state index contributed by atoms with van der Waals surface area (Å²) in [5.74, 6) is 0. The SMILES string of the molecule is CNc1ccc([N+](=O)[O-])cc1Cn1cc(Br)cc(C)c1=O. The van der Waals surface area contributed by atoms with Crippen molar-refractivity contribution in [3.05, 3.63) is 66.5 Å². The zero-order chi connectivity index (χ0) is 15.6. The van der Waals surface area contributed by atoms with Crippen LogP contribution in [0.1, 0.15) is 11.1 Å². The number of hydrogen-bond acceptors (Lipinski definition) is 4. The number of non-ortho nitro benzene ring substituents is 1. The van der Waals surface area contributed by atoms with Crippen LogP contribution in [-0.4, -0.2) is 16.5 Å². The van der Waals surface area contributed by atoms with E-state index in [2.05, 4.69) is 21.2 Å². The van der Waals surface area contributed by atoms with Gasteiger partial charge in [-0.1, -0.05) is 0 Å². The van der Waals surface area contributed by atoms with Crippen LogP contribution in [0, 0.1) is 17.0 Å². The Balaban J connectivity index is 2.50. The van der Waals surface area contributed by atoms with Gasteiger partial charge in [0.1, 0.15) is 0 Å². The molecule has 0 saturated heterocycles. The number of aromatic nitrogens is 1. The summed E-state index contributed by atoms with van der Waals surface area (Å²) in [6.07, 6.45) is 1.67. The summed E-state index contributed by atoms with van der Waals surface area (Å²) < 4.78 is 2.32. The number of halogens is 1. The number of pyridine rings is 1. The predicted octanol–water partition coefficient (Wildman–Crippen LogP) is 2.92. The molecule has 0 radical (unpaired) electrons. The van der Waals surface area contributed by atoms with Gasteiger partial charge in [0.25, 0.3) is 11.2 Å². The molecular weight excluding hydrogens is 338 g/mol. The Bertz CT molecular complexity index is 756. The molecule has 2 aromatic rings. The molecular formula is C14H14BrN3O3. The van der Waals surface area contributed by atoms with Gasteiger partial charge >= 0.3 is 0 Å². The summed E-state index contributed by atoms with van der Waals surface area (Å²) in [6, 6.07) is 6.30. The zero-order valence-electron chi connectivity index (χ0n) is 11.6. The van der Waals surface area contributed by atoms with E-state index in [4.69, 9.17) is 0 Å². The molecule has 0 amide bonds. The highest BCUT2D eigenvalue weighted by Crippen LogP contribution is 2.22. The molecule has 1 aromatic carbocycles. The van der Waals surface area contributed by atoms with Gasteiger partial charge in [-0.3, -0.25) is 14.9 Å². The first-order valence-corrected chi connectivity index (χ1v) is 7.03. The van der Waals surface area contributed by atoms with Crippen molar-refractivity contribution in [1.29, 1.82) is 0 Å². The van der Waals surface area contributed by atoms with Crippen molar-refractivity contribution >= 4 is 27.3 Å². The lowest BCUT2D eigenvalue weighted by atomic mass is 10.1. The zero-order valence-corrected chi connectivity index (χ0v) is 13.2. The molecule has 1 heterocycles. The smallest absolute Gasteiger partial charge is 0.269 e. The maximum atomic E-state index is 12.1. The molecule has 0 unspecified atom stereocenters. The van der Waals surface area contributed by atoms with Crippen molar-refractivity contribution in [2.45, 2.75) is 13.5 Å². The number of rotatable bonds is 4. The second-order valence-electron chi connectivity index (χ2n) is 4.62. The van der Waals surface area contributed by atoms with E-state index >= 15 is 0 Å². The lowest BCUT2D eigenvalue weighted by molar-refractivity contribution is -0.384. The van der Waals surface area contributed by atoms with Crippen LogP contribution in [0.5, 0.6) is 0 Å². The van der Waals surface area contributed by atoms with Crippen LogP contribution < -0.4 is 10.9 Å². The van der Waals surface area contributed by atoms with Gasteiger partial charge in [-0.05, 0) is 35.0 Å². The van der Waals surface area contributed by atoms with Crippen molar-refractivity contribution < 1.29 is 4.92 Å². The maximum absolute atomic E-state index is 12.1. The van der Waals surface area contributed by atoms with Crippen molar-refractivity contribution in [1.82, 2.24) is 4.57 Å².